The van der Waals surface area contributed by atoms with Crippen molar-refractivity contribution in [2.75, 3.05) is 24.6 Å². The number of hydrogen-bond donors (Lipinski definition) is 2. The van der Waals surface area contributed by atoms with E-state index in [2.05, 4.69) is 5.32 Å². The van der Waals surface area contributed by atoms with Crippen molar-refractivity contribution in [2.24, 2.45) is 0 Å². The number of carbonyl (C=O) groups is 2. The maximum absolute atomic E-state index is 11.8. The minimum atomic E-state index is -0.197. The molecule has 1 heterocycles. The van der Waals surface area contributed by atoms with Crippen LogP contribution in [0.4, 0.5) is 5.69 Å². The predicted octanol–water partition coefficient (Wildman–Crippen LogP) is 0.708. The average molecular weight is 262 g/mol. The molecule has 2 amide bonds. The quantitative estimate of drug-likeness (QED) is 0.839. The van der Waals surface area contributed by atoms with Gasteiger partial charge >= 0.3 is 0 Å². The van der Waals surface area contributed by atoms with Crippen molar-refractivity contribution in [3.8, 4) is 0 Å². The third-order valence-corrected chi connectivity index (χ3v) is 3.24. The fraction of sp³-hybridized carbons (Fsp3) is 0.429. The minimum Gasteiger partial charge on any atom is -0.395 e. The summed E-state index contributed by atoms with van der Waals surface area (Å²) in [7, 11) is 0. The first-order valence-electron chi connectivity index (χ1n) is 6.49. The zero-order chi connectivity index (χ0) is 13.8. The second kappa shape index (κ2) is 5.84. The molecule has 0 radical (unpaired) electrons. The van der Waals surface area contributed by atoms with Gasteiger partial charge in [0.05, 0.1) is 6.61 Å². The Labute approximate surface area is 112 Å². The van der Waals surface area contributed by atoms with Gasteiger partial charge in [0, 0.05) is 30.8 Å². The number of hydrogen-bond acceptors (Lipinski definition) is 3. The van der Waals surface area contributed by atoms with E-state index >= 15 is 0 Å². The summed E-state index contributed by atoms with van der Waals surface area (Å²) >= 11 is 0. The maximum Gasteiger partial charge on any atom is 0.251 e. The van der Waals surface area contributed by atoms with E-state index in [1.165, 1.54) is 0 Å². The molecule has 19 heavy (non-hydrogen) atoms. The molecule has 102 valence electrons. The maximum atomic E-state index is 11.8. The third kappa shape index (κ3) is 2.76. The molecule has 1 aliphatic heterocycles. The Bertz CT molecular complexity index is 499. The molecule has 5 heteroatoms. The zero-order valence-corrected chi connectivity index (χ0v) is 11.0. The number of benzene rings is 1. The number of carbonyl (C=O) groups excluding carboxylic acids is 2. The van der Waals surface area contributed by atoms with Crippen molar-refractivity contribution < 1.29 is 14.7 Å². The van der Waals surface area contributed by atoms with Crippen LogP contribution in [-0.2, 0) is 11.2 Å². The molecule has 0 unspecified atom stereocenters. The van der Waals surface area contributed by atoms with E-state index in [9.17, 15) is 9.59 Å². The van der Waals surface area contributed by atoms with Crippen molar-refractivity contribution >= 4 is 17.5 Å². The monoisotopic (exact) mass is 262 g/mol. The molecule has 5 nitrogen and oxygen atoms in total. The topological polar surface area (TPSA) is 69.6 Å². The van der Waals surface area contributed by atoms with Crippen LogP contribution in [0.25, 0.3) is 0 Å². The zero-order valence-electron chi connectivity index (χ0n) is 11.0. The summed E-state index contributed by atoms with van der Waals surface area (Å²) in [5, 5.41) is 11.3. The molecular formula is C14H18N2O3. The lowest BCUT2D eigenvalue weighted by Gasteiger charge is -2.16. The lowest BCUT2D eigenvalue weighted by Crippen LogP contribution is -2.28. The van der Waals surface area contributed by atoms with Gasteiger partial charge in [-0.3, -0.25) is 9.59 Å². The van der Waals surface area contributed by atoms with Crippen LogP contribution in [0.2, 0.25) is 0 Å². The first-order valence-corrected chi connectivity index (χ1v) is 6.49. The largest absolute Gasteiger partial charge is 0.395 e. The third-order valence-electron chi connectivity index (χ3n) is 3.24. The number of anilines is 1. The Morgan fingerprint density at radius 2 is 2.21 bits per heavy atom. The van der Waals surface area contributed by atoms with Gasteiger partial charge in [-0.1, -0.05) is 6.92 Å². The lowest BCUT2D eigenvalue weighted by molar-refractivity contribution is -0.118. The van der Waals surface area contributed by atoms with Crippen molar-refractivity contribution in [2.45, 2.75) is 19.8 Å². The van der Waals surface area contributed by atoms with Crippen LogP contribution in [0.3, 0.4) is 0 Å². The van der Waals surface area contributed by atoms with Crippen LogP contribution in [0.5, 0.6) is 0 Å². The number of nitrogens with zero attached hydrogens (tertiary/aromatic N) is 1. The van der Waals surface area contributed by atoms with Crippen LogP contribution in [0.1, 0.15) is 29.3 Å². The summed E-state index contributed by atoms with van der Waals surface area (Å²) in [6.45, 7) is 2.70. The normalized spacial score (nSPS) is 13.3. The molecule has 2 N–H and O–H groups in total. The molecule has 1 aliphatic rings. The van der Waals surface area contributed by atoms with Gasteiger partial charge in [0.25, 0.3) is 5.91 Å². The fourth-order valence-corrected chi connectivity index (χ4v) is 2.26. The van der Waals surface area contributed by atoms with E-state index < -0.39 is 0 Å². The Balaban J connectivity index is 2.18. The molecule has 2 rings (SSSR count). The Kier molecular flexibility index (Phi) is 4.16. The van der Waals surface area contributed by atoms with Crippen molar-refractivity contribution in [1.29, 1.82) is 0 Å². The van der Waals surface area contributed by atoms with Gasteiger partial charge in [-0.15, -0.1) is 0 Å². The highest BCUT2D eigenvalue weighted by molar-refractivity contribution is 5.98. The summed E-state index contributed by atoms with van der Waals surface area (Å²) in [5.41, 5.74) is 2.50. The van der Waals surface area contributed by atoms with Crippen LogP contribution in [-0.4, -0.2) is 36.6 Å². The number of aliphatic hydroxyl groups excluding tert-OH is 1. The number of fused-ring (bicyclic) bond motifs is 1. The van der Waals surface area contributed by atoms with Gasteiger partial charge in [-0.25, -0.2) is 0 Å². The molecule has 0 bridgehead atoms. The number of nitrogens with one attached hydrogen (secondary N) is 1. The smallest absolute Gasteiger partial charge is 0.251 e. The van der Waals surface area contributed by atoms with Crippen LogP contribution in [0, 0.1) is 0 Å². The van der Waals surface area contributed by atoms with Gasteiger partial charge in [-0.05, 0) is 30.2 Å². The summed E-state index contributed by atoms with van der Waals surface area (Å²) in [4.78, 5) is 25.3. The van der Waals surface area contributed by atoms with E-state index in [-0.39, 0.29) is 25.0 Å². The van der Waals surface area contributed by atoms with Crippen LogP contribution in [0.15, 0.2) is 18.2 Å². The first kappa shape index (κ1) is 13.5. The summed E-state index contributed by atoms with van der Waals surface area (Å²) in [6.07, 6.45) is 1.26. The van der Waals surface area contributed by atoms with E-state index in [1.54, 1.807) is 11.0 Å². The summed E-state index contributed by atoms with van der Waals surface area (Å²) in [6, 6.07) is 5.36. The highest BCUT2D eigenvalue weighted by atomic mass is 16.3. The standard InChI is InChI=1S/C14H18N2O3/c1-2-13(18)16-7-5-10-9-11(3-4-12(10)16)14(19)15-6-8-17/h3-4,9,17H,2,5-8H2,1H3,(H,15,19). The first-order chi connectivity index (χ1) is 9.17. The highest BCUT2D eigenvalue weighted by Gasteiger charge is 2.24. The van der Waals surface area contributed by atoms with Gasteiger partial charge < -0.3 is 15.3 Å². The molecule has 0 saturated heterocycles. The van der Waals surface area contributed by atoms with Gasteiger partial charge in [-0.2, -0.15) is 0 Å². The van der Waals surface area contributed by atoms with Crippen molar-refractivity contribution in [1.82, 2.24) is 5.32 Å². The Hall–Kier alpha value is -1.88. The van der Waals surface area contributed by atoms with Gasteiger partial charge in [0.2, 0.25) is 5.91 Å². The molecule has 0 fully saturated rings. The van der Waals surface area contributed by atoms with E-state index in [0.29, 0.717) is 18.5 Å². The fourth-order valence-electron chi connectivity index (χ4n) is 2.26. The molecule has 0 spiro atoms. The molecule has 0 atom stereocenters. The summed E-state index contributed by atoms with van der Waals surface area (Å²) < 4.78 is 0. The highest BCUT2D eigenvalue weighted by Crippen LogP contribution is 2.29. The second-order valence-corrected chi connectivity index (χ2v) is 4.47. The van der Waals surface area contributed by atoms with Crippen LogP contribution >= 0.6 is 0 Å². The lowest BCUT2D eigenvalue weighted by atomic mass is 10.1. The minimum absolute atomic E-state index is 0.0739. The van der Waals surface area contributed by atoms with Gasteiger partial charge in [0.1, 0.15) is 0 Å². The number of aliphatic hydroxyl groups is 1. The van der Waals surface area contributed by atoms with E-state index in [0.717, 1.165) is 17.7 Å². The molecule has 1 aromatic rings. The molecule has 1 aromatic carbocycles. The Morgan fingerprint density at radius 3 is 2.89 bits per heavy atom. The van der Waals surface area contributed by atoms with Crippen molar-refractivity contribution in [3.05, 3.63) is 29.3 Å². The molecule has 0 aliphatic carbocycles. The molecular weight excluding hydrogens is 244 g/mol. The van der Waals surface area contributed by atoms with Crippen LogP contribution < -0.4 is 10.2 Å². The predicted molar refractivity (Wildman–Crippen MR) is 72.2 cm³/mol. The summed E-state index contributed by atoms with van der Waals surface area (Å²) in [5.74, 6) is -0.0895. The molecule has 0 saturated carbocycles. The van der Waals surface area contributed by atoms with E-state index in [1.807, 2.05) is 19.1 Å². The SMILES string of the molecule is CCC(=O)N1CCc2cc(C(=O)NCCO)ccc21. The number of rotatable bonds is 4. The average Bonchev–Trinajstić information content (AvgIpc) is 2.86. The van der Waals surface area contributed by atoms with E-state index in [4.69, 9.17) is 5.11 Å². The van der Waals surface area contributed by atoms with Gasteiger partial charge in [0.15, 0.2) is 0 Å². The molecule has 0 aromatic heterocycles. The Morgan fingerprint density at radius 1 is 1.42 bits per heavy atom. The second-order valence-electron chi connectivity index (χ2n) is 4.47. The number of amides is 2. The van der Waals surface area contributed by atoms with Crippen molar-refractivity contribution in [3.63, 3.8) is 0 Å².